The first-order valence-corrected chi connectivity index (χ1v) is 13.3. The largest absolute Gasteiger partial charge is 0.490 e. The summed E-state index contributed by atoms with van der Waals surface area (Å²) in [5.74, 6) is -3.24. The molecule has 208 valence electrons. The van der Waals surface area contributed by atoms with E-state index >= 15 is 8.78 Å². The molecule has 0 unspecified atom stereocenters. The molecule has 0 saturated carbocycles. The zero-order chi connectivity index (χ0) is 28.7. The van der Waals surface area contributed by atoms with Crippen molar-refractivity contribution in [3.63, 3.8) is 0 Å². The minimum absolute atomic E-state index is 0.0389. The number of hydrogen-bond acceptors (Lipinski definition) is 6. The van der Waals surface area contributed by atoms with Crippen LogP contribution in [0.4, 0.5) is 13.2 Å². The van der Waals surface area contributed by atoms with Crippen molar-refractivity contribution in [2.45, 2.75) is 25.3 Å². The number of benzene rings is 2. The molecule has 0 atom stereocenters. The molecule has 0 N–H and O–H groups in total. The van der Waals surface area contributed by atoms with Crippen molar-refractivity contribution in [1.82, 2.24) is 19.4 Å². The molecule has 1 fully saturated rings. The van der Waals surface area contributed by atoms with Gasteiger partial charge in [-0.25, -0.2) is 14.4 Å². The van der Waals surface area contributed by atoms with E-state index in [2.05, 4.69) is 21.9 Å². The SMILES string of the molecule is CN1CCC(COc2cnc(-c3cccc(Cn4c5c(cc(F)c4=O)-c4cc(C#N)ccc4C5(F)F)c3)nc2)CC1. The van der Waals surface area contributed by atoms with Crippen molar-refractivity contribution in [3.8, 4) is 34.3 Å². The fourth-order valence-electron chi connectivity index (χ4n) is 5.54. The number of alkyl halides is 2. The van der Waals surface area contributed by atoms with E-state index in [0.29, 0.717) is 35.2 Å². The molecule has 7 nitrogen and oxygen atoms in total. The summed E-state index contributed by atoms with van der Waals surface area (Å²) in [6.45, 7) is 2.42. The van der Waals surface area contributed by atoms with Gasteiger partial charge in [-0.2, -0.15) is 14.0 Å². The quantitative estimate of drug-likeness (QED) is 0.324. The van der Waals surface area contributed by atoms with Gasteiger partial charge in [0.05, 0.1) is 37.2 Å². The van der Waals surface area contributed by atoms with Gasteiger partial charge in [-0.3, -0.25) is 9.36 Å². The summed E-state index contributed by atoms with van der Waals surface area (Å²) in [5.41, 5.74) is -0.910. The third-order valence-electron chi connectivity index (χ3n) is 7.80. The average Bonchev–Trinajstić information content (AvgIpc) is 3.20. The summed E-state index contributed by atoms with van der Waals surface area (Å²) in [6.07, 6.45) is 5.36. The predicted molar refractivity (Wildman–Crippen MR) is 146 cm³/mol. The average molecular weight is 558 g/mol. The highest BCUT2D eigenvalue weighted by Crippen LogP contribution is 2.50. The summed E-state index contributed by atoms with van der Waals surface area (Å²) in [6, 6.07) is 13.3. The number of piperidine rings is 1. The summed E-state index contributed by atoms with van der Waals surface area (Å²) in [4.78, 5) is 24.0. The molecule has 0 amide bonds. The Morgan fingerprint density at radius 2 is 1.83 bits per heavy atom. The van der Waals surface area contributed by atoms with Gasteiger partial charge in [0.25, 0.3) is 5.56 Å². The zero-order valence-electron chi connectivity index (χ0n) is 22.3. The topological polar surface area (TPSA) is 84.0 Å². The lowest BCUT2D eigenvalue weighted by molar-refractivity contribution is 0.0385. The number of likely N-dealkylation sites (tertiary alicyclic amines) is 1. The summed E-state index contributed by atoms with van der Waals surface area (Å²) >= 11 is 0. The minimum Gasteiger partial charge on any atom is -0.490 e. The molecule has 41 heavy (non-hydrogen) atoms. The fourth-order valence-corrected chi connectivity index (χ4v) is 5.54. The second kappa shape index (κ2) is 10.5. The standard InChI is InChI=1S/C31H26F3N5O2/c1-38-9-7-19(8-10-38)18-41-23-15-36-29(37-16-23)22-4-2-3-21(11-22)17-39-28-25(13-27(32)30(39)40)24-12-20(14-35)5-6-26(24)31(28,33)34/h2-6,11-13,15-16,19H,7-10,17-18H2,1H3. The maximum absolute atomic E-state index is 15.6. The number of rotatable bonds is 6. The Morgan fingerprint density at radius 1 is 1.07 bits per heavy atom. The molecule has 1 aliphatic carbocycles. The van der Waals surface area contributed by atoms with Crippen LogP contribution in [0.3, 0.4) is 0 Å². The van der Waals surface area contributed by atoms with E-state index in [-0.39, 0.29) is 28.8 Å². The highest BCUT2D eigenvalue weighted by Gasteiger charge is 2.47. The number of ether oxygens (including phenoxy) is 1. The van der Waals surface area contributed by atoms with E-state index in [4.69, 9.17) is 4.74 Å². The molecule has 2 aromatic heterocycles. The maximum Gasteiger partial charge on any atom is 0.314 e. The fraction of sp³-hybridized carbons (Fsp3) is 0.290. The second-order valence-electron chi connectivity index (χ2n) is 10.6. The molecule has 3 heterocycles. The molecule has 0 bridgehead atoms. The number of aromatic nitrogens is 3. The first kappa shape index (κ1) is 26.7. The van der Waals surface area contributed by atoms with Crippen LogP contribution in [0.15, 0.2) is 65.7 Å². The van der Waals surface area contributed by atoms with Gasteiger partial charge in [-0.05, 0) is 74.3 Å². The van der Waals surface area contributed by atoms with E-state index in [0.717, 1.165) is 42.6 Å². The Kier molecular flexibility index (Phi) is 6.83. The number of nitriles is 1. The van der Waals surface area contributed by atoms with Crippen molar-refractivity contribution >= 4 is 0 Å². The van der Waals surface area contributed by atoms with Crippen LogP contribution < -0.4 is 10.3 Å². The first-order chi connectivity index (χ1) is 19.7. The molecule has 10 heteroatoms. The molecule has 2 aromatic carbocycles. The van der Waals surface area contributed by atoms with Gasteiger partial charge in [0, 0.05) is 16.7 Å². The minimum atomic E-state index is -3.55. The Morgan fingerprint density at radius 3 is 2.56 bits per heavy atom. The third-order valence-corrected chi connectivity index (χ3v) is 7.80. The van der Waals surface area contributed by atoms with Crippen LogP contribution in [0.25, 0.3) is 22.5 Å². The van der Waals surface area contributed by atoms with Crippen molar-refractivity contribution in [2.24, 2.45) is 5.92 Å². The van der Waals surface area contributed by atoms with Crippen LogP contribution in [-0.4, -0.2) is 46.2 Å². The molecule has 1 aliphatic heterocycles. The molecule has 0 radical (unpaired) electrons. The van der Waals surface area contributed by atoms with E-state index < -0.39 is 23.0 Å². The smallest absolute Gasteiger partial charge is 0.314 e. The molecular weight excluding hydrogens is 531 g/mol. The Bertz CT molecular complexity index is 1720. The van der Waals surface area contributed by atoms with Gasteiger partial charge < -0.3 is 9.64 Å². The van der Waals surface area contributed by atoms with E-state index in [1.807, 2.05) is 6.07 Å². The predicted octanol–water partition coefficient (Wildman–Crippen LogP) is 5.21. The lowest BCUT2D eigenvalue weighted by Crippen LogP contribution is -2.32. The van der Waals surface area contributed by atoms with Crippen molar-refractivity contribution in [3.05, 3.63) is 99.5 Å². The summed E-state index contributed by atoms with van der Waals surface area (Å²) < 4.78 is 52.7. The van der Waals surface area contributed by atoms with Crippen LogP contribution in [0.1, 0.15) is 35.2 Å². The monoisotopic (exact) mass is 557 g/mol. The van der Waals surface area contributed by atoms with Gasteiger partial charge in [-0.15, -0.1) is 0 Å². The van der Waals surface area contributed by atoms with Crippen LogP contribution in [0.2, 0.25) is 0 Å². The van der Waals surface area contributed by atoms with E-state index in [9.17, 15) is 14.4 Å². The first-order valence-electron chi connectivity index (χ1n) is 13.3. The number of halogens is 3. The van der Waals surface area contributed by atoms with Crippen molar-refractivity contribution in [2.75, 3.05) is 26.7 Å². The molecule has 1 saturated heterocycles. The third kappa shape index (κ3) is 4.98. The van der Waals surface area contributed by atoms with E-state index in [1.54, 1.807) is 36.7 Å². The molecule has 6 rings (SSSR count). The number of hydrogen-bond donors (Lipinski definition) is 0. The van der Waals surface area contributed by atoms with Crippen molar-refractivity contribution < 1.29 is 17.9 Å². The van der Waals surface area contributed by atoms with Crippen LogP contribution in [0, 0.1) is 23.1 Å². The molecular formula is C31H26F3N5O2. The Balaban J connectivity index is 1.26. The van der Waals surface area contributed by atoms with Crippen LogP contribution in [-0.2, 0) is 12.5 Å². The molecule has 2 aliphatic rings. The van der Waals surface area contributed by atoms with Crippen LogP contribution >= 0.6 is 0 Å². The summed E-state index contributed by atoms with van der Waals surface area (Å²) in [7, 11) is 2.11. The number of nitrogens with zero attached hydrogens (tertiary/aromatic N) is 5. The lowest BCUT2D eigenvalue weighted by atomic mass is 9.98. The highest BCUT2D eigenvalue weighted by atomic mass is 19.3. The second-order valence-corrected chi connectivity index (χ2v) is 10.6. The van der Waals surface area contributed by atoms with Gasteiger partial charge in [-0.1, -0.05) is 24.3 Å². The lowest BCUT2D eigenvalue weighted by Gasteiger charge is -2.28. The Labute approximate surface area is 234 Å². The van der Waals surface area contributed by atoms with Gasteiger partial charge >= 0.3 is 5.92 Å². The van der Waals surface area contributed by atoms with Gasteiger partial charge in [0.15, 0.2) is 17.4 Å². The normalized spacial score (nSPS) is 16.2. The van der Waals surface area contributed by atoms with E-state index in [1.165, 1.54) is 12.1 Å². The van der Waals surface area contributed by atoms with Crippen LogP contribution in [0.5, 0.6) is 5.75 Å². The maximum atomic E-state index is 15.6. The zero-order valence-corrected chi connectivity index (χ0v) is 22.3. The molecule has 0 spiro atoms. The highest BCUT2D eigenvalue weighted by molar-refractivity contribution is 5.79. The van der Waals surface area contributed by atoms with Gasteiger partial charge in [0.2, 0.25) is 0 Å². The number of fused-ring (bicyclic) bond motifs is 3. The van der Waals surface area contributed by atoms with Crippen molar-refractivity contribution in [1.29, 1.82) is 5.26 Å². The summed E-state index contributed by atoms with van der Waals surface area (Å²) in [5, 5.41) is 9.23. The van der Waals surface area contributed by atoms with Gasteiger partial charge in [0.1, 0.15) is 5.69 Å². The molecule has 4 aromatic rings. The Hall–Kier alpha value is -4.49. The number of pyridine rings is 1.